The van der Waals surface area contributed by atoms with E-state index in [1.807, 2.05) is 133 Å². The van der Waals surface area contributed by atoms with Crippen LogP contribution in [0.4, 0.5) is 0 Å². The van der Waals surface area contributed by atoms with Crippen LogP contribution >= 0.6 is 70.6 Å². The molecule has 0 aliphatic carbocycles. The number of benzene rings is 3. The Morgan fingerprint density at radius 3 is 1.30 bits per heavy atom. The fourth-order valence-electron chi connectivity index (χ4n) is 6.13. The molecule has 33 N–H and O–H groups in total. The Morgan fingerprint density at radius 1 is 0.400 bits per heavy atom. The van der Waals surface area contributed by atoms with Gasteiger partial charge in [0.15, 0.2) is 0 Å². The molecule has 0 saturated carbocycles. The highest BCUT2D eigenvalue weighted by Crippen LogP contribution is 2.25. The third-order valence-electron chi connectivity index (χ3n) is 10.8. The summed E-state index contributed by atoms with van der Waals surface area (Å²) in [6, 6.07) is 45.4. The van der Waals surface area contributed by atoms with Crippen LogP contribution in [0, 0.1) is 0 Å². The first kappa shape index (κ1) is 101. The summed E-state index contributed by atoms with van der Waals surface area (Å²) in [5, 5.41) is 4.66. The molecule has 0 unspecified atom stereocenters. The third-order valence-corrected chi connectivity index (χ3v) is 16.2. The predicted molar refractivity (Wildman–Crippen MR) is 416 cm³/mol. The number of ether oxygens (including phenoxy) is 5. The van der Waals surface area contributed by atoms with Gasteiger partial charge in [-0.05, 0) is 120 Å². The Balaban J connectivity index is -0.00000110. The molecule has 105 heavy (non-hydrogen) atoms. The normalized spacial score (nSPS) is 9.36. The van der Waals surface area contributed by atoms with Gasteiger partial charge in [-0.1, -0.05) is 90.3 Å². The lowest BCUT2D eigenvalue weighted by atomic mass is 10.2. The molecular formula is C71H115N16O12S6+11. The highest BCUT2D eigenvalue weighted by molar-refractivity contribution is 8.14. The SMILES string of the molecule is CC(=O)OCC[NH3+].COC(=O)CC[NH3+].CSC(=O)C[NH3+].CSCC[NH3+].[NH3+]CC(=O)Sc1ccccc1.[NH3+]CC(=O)Sc1ccccn1.[NH3+]CCC(=O)Oc1ccccc1.[NH3+]CCC(=O)Oc1ccncc1.[NH3+]CCOc1ccncc1.[NH3+]CCSc1ccncc1.[NH3+]CCSc1nccc2ccccc12. The van der Waals surface area contributed by atoms with Gasteiger partial charge in [-0.2, -0.15) is 11.8 Å². The van der Waals surface area contributed by atoms with Gasteiger partial charge < -0.3 is 86.8 Å². The van der Waals surface area contributed by atoms with Crippen molar-refractivity contribution in [2.75, 3.05) is 122 Å². The van der Waals surface area contributed by atoms with Crippen LogP contribution in [0.25, 0.3) is 10.8 Å². The maximum absolute atomic E-state index is 11.0. The van der Waals surface area contributed by atoms with Gasteiger partial charge in [0.05, 0.1) is 65.6 Å². The summed E-state index contributed by atoms with van der Waals surface area (Å²) in [7, 11) is 1.37. The van der Waals surface area contributed by atoms with E-state index in [1.54, 1.807) is 79.3 Å². The molecule has 0 aliphatic heterocycles. The van der Waals surface area contributed by atoms with Crippen molar-refractivity contribution < 1.29 is 120 Å². The van der Waals surface area contributed by atoms with Crippen molar-refractivity contribution in [2.24, 2.45) is 0 Å². The van der Waals surface area contributed by atoms with Crippen LogP contribution < -0.4 is 77.3 Å². The molecule has 0 atom stereocenters. The molecule has 576 valence electrons. The van der Waals surface area contributed by atoms with Gasteiger partial charge >= 0.3 is 23.9 Å². The fourth-order valence-corrected chi connectivity index (χ4v) is 9.38. The fraction of sp³-hybridized carbons (Fsp3) is 0.324. The number of quaternary nitrogens is 11. The first-order valence-corrected chi connectivity index (χ1v) is 39.4. The van der Waals surface area contributed by atoms with Gasteiger partial charge in [-0.15, -0.1) is 11.8 Å². The van der Waals surface area contributed by atoms with Crippen LogP contribution in [0.5, 0.6) is 17.2 Å². The van der Waals surface area contributed by atoms with E-state index in [-0.39, 0.29) is 39.2 Å². The number of thioether (sulfide) groups is 6. The number of fused-ring (bicyclic) bond motifs is 1. The number of aromatic nitrogens is 5. The Labute approximate surface area is 642 Å². The predicted octanol–water partition coefficient (Wildman–Crippen LogP) is -1.69. The van der Waals surface area contributed by atoms with Gasteiger partial charge in [-0.25, -0.2) is 9.97 Å². The van der Waals surface area contributed by atoms with Crippen molar-refractivity contribution in [1.82, 2.24) is 24.9 Å². The Morgan fingerprint density at radius 2 is 0.867 bits per heavy atom. The number of nitrogens with zero attached hydrogens (tertiary/aromatic N) is 5. The smallest absolute Gasteiger partial charge is 0.316 e. The molecule has 0 amide bonds. The standard InChI is InChI=1S/C11H12N2S.C9H11NO2.C8H10N2O2.C8H9NOS.C7H8N2OS.C7H10N2O.C7H10N2S.2C4H9NO2.C3H7NOS.C3H9NS/c12-6-8-14-11-10-4-2-1-3-9(10)5-7-13-11;10-7-6-9(11)12-8-4-2-1-3-5-8;9-4-1-8(11)12-7-2-5-10-6-3-7;9-6-8(10)11-7-4-2-1-3-5-7;8-5-7(10)11-6-3-1-2-4-9-6;2*8-3-6-10-7-1-4-9-5-2-7;1-7-4(6)2-3-5;1-4(6)7-3-2-5;1-6-3(5)2-4;1-5-3-2-4/h1-5,7H,6,8,12H2;1-5H,6-7,10H2;2-3,5-6H,1,4,9H2;1-5H,6,9H2;1-4H,5,8H2;2*1-2,4-5H,3,6,8H2;2*2-3,5H2,1H3;2,4H2,1H3;2-4H2,1H3/p+11. The van der Waals surface area contributed by atoms with Crippen LogP contribution in [0.3, 0.4) is 0 Å². The van der Waals surface area contributed by atoms with E-state index in [2.05, 4.69) is 128 Å². The highest BCUT2D eigenvalue weighted by atomic mass is 32.2. The first-order chi connectivity index (χ1) is 50.9. The summed E-state index contributed by atoms with van der Waals surface area (Å²) in [4.78, 5) is 96.0. The summed E-state index contributed by atoms with van der Waals surface area (Å²) in [5.41, 5.74) is 39.4. The summed E-state index contributed by atoms with van der Waals surface area (Å²) >= 11 is 9.03. The van der Waals surface area contributed by atoms with Gasteiger partial charge in [-0.3, -0.25) is 48.5 Å². The number of para-hydroxylation sites is 1. The van der Waals surface area contributed by atoms with Crippen LogP contribution in [0.2, 0.25) is 0 Å². The molecule has 0 aliphatic rings. The third kappa shape index (κ3) is 65.3. The van der Waals surface area contributed by atoms with Crippen LogP contribution in [-0.2, 0) is 43.0 Å². The van der Waals surface area contributed by atoms with Crippen molar-refractivity contribution in [2.45, 2.75) is 46.0 Å². The van der Waals surface area contributed by atoms with Gasteiger partial charge in [0, 0.05) is 88.9 Å². The first-order valence-electron chi connectivity index (χ1n) is 33.1. The molecule has 28 nitrogen and oxygen atoms in total. The zero-order chi connectivity index (χ0) is 78.6. The molecule has 3 aromatic carbocycles. The molecule has 0 fully saturated rings. The minimum Gasteiger partial charge on any atom is -0.488 e. The lowest BCUT2D eigenvalue weighted by Crippen LogP contribution is -2.53. The number of rotatable bonds is 26. The summed E-state index contributed by atoms with van der Waals surface area (Å²) in [5.74, 6) is 4.40. The van der Waals surface area contributed by atoms with E-state index >= 15 is 0 Å². The highest BCUT2D eigenvalue weighted by Gasteiger charge is 2.07. The van der Waals surface area contributed by atoms with Gasteiger partial charge in [0.1, 0.15) is 73.2 Å². The number of carbonyl (C=O) groups is 7. The number of hydrogen-bond donors (Lipinski definition) is 11. The zero-order valence-electron chi connectivity index (χ0n) is 61.3. The van der Waals surface area contributed by atoms with Crippen LogP contribution in [0.1, 0.15) is 26.2 Å². The molecule has 0 bridgehead atoms. The van der Waals surface area contributed by atoms with Crippen molar-refractivity contribution in [1.29, 1.82) is 0 Å². The molecule has 34 heteroatoms. The van der Waals surface area contributed by atoms with Crippen molar-refractivity contribution >= 4 is 121 Å². The van der Waals surface area contributed by atoms with E-state index in [4.69, 9.17) is 14.2 Å². The number of carbonyl (C=O) groups excluding carboxylic acids is 7. The Kier molecular flexibility index (Phi) is 72.9. The largest absolute Gasteiger partial charge is 0.488 e. The molecule has 5 heterocycles. The molecule has 8 rings (SSSR count). The average Bonchev–Trinajstić information content (AvgIpc) is 0.835. The molecule has 5 aromatic heterocycles. The van der Waals surface area contributed by atoms with Crippen molar-refractivity contribution in [3.05, 3.63) is 195 Å². The van der Waals surface area contributed by atoms with Crippen LogP contribution in [0.15, 0.2) is 215 Å². The number of pyridine rings is 5. The average molecular weight is 1580 g/mol. The molecule has 0 radical (unpaired) electrons. The quantitative estimate of drug-likeness (QED) is 0.0164. The second kappa shape index (κ2) is 75.7. The summed E-state index contributed by atoms with van der Waals surface area (Å²) < 4.78 is 24.0. The maximum Gasteiger partial charge on any atom is 0.316 e. The second-order valence-corrected chi connectivity index (χ2v) is 25.7. The maximum atomic E-state index is 11.0. The minimum absolute atomic E-state index is 0.0451. The van der Waals surface area contributed by atoms with E-state index < -0.39 is 0 Å². The molecule has 0 spiro atoms. The molecule has 0 saturated heterocycles. The lowest BCUT2D eigenvalue weighted by molar-refractivity contribution is -0.372. The lowest BCUT2D eigenvalue weighted by Gasteiger charge is -2.02. The molecule has 8 aromatic rings. The van der Waals surface area contributed by atoms with E-state index in [0.29, 0.717) is 89.8 Å². The van der Waals surface area contributed by atoms with E-state index in [0.717, 1.165) is 70.1 Å². The summed E-state index contributed by atoms with van der Waals surface area (Å²) in [6.07, 6.45) is 18.7. The van der Waals surface area contributed by atoms with Gasteiger partial charge in [0.25, 0.3) is 0 Å². The topological polar surface area (TPSA) is 534 Å². The van der Waals surface area contributed by atoms with E-state index in [9.17, 15) is 33.6 Å². The van der Waals surface area contributed by atoms with Gasteiger partial charge in [0.2, 0.25) is 15.3 Å². The molecular weight excluding hydrogens is 1460 g/mol. The zero-order valence-corrected chi connectivity index (χ0v) is 66.2. The van der Waals surface area contributed by atoms with Crippen molar-refractivity contribution in [3.8, 4) is 17.2 Å². The van der Waals surface area contributed by atoms with E-state index in [1.165, 1.54) is 59.0 Å². The van der Waals surface area contributed by atoms with Crippen LogP contribution in [-0.4, -0.2) is 186 Å². The second-order valence-electron chi connectivity index (χ2n) is 19.4. The number of methoxy groups -OCH3 is 1. The monoisotopic (exact) mass is 1580 g/mol. The van der Waals surface area contributed by atoms with Crippen molar-refractivity contribution in [3.63, 3.8) is 0 Å². The number of hydrogen-bond acceptors (Lipinski definition) is 23. The summed E-state index contributed by atoms with van der Waals surface area (Å²) in [6.45, 7) is 9.73. The Hall–Kier alpha value is -7.98. The Bertz CT molecular complexity index is 3230. The minimum atomic E-state index is -0.254. The number of esters is 4.